The number of rotatable bonds is 20. The van der Waals surface area contributed by atoms with Gasteiger partial charge in [-0.2, -0.15) is 0 Å². The van der Waals surface area contributed by atoms with Gasteiger partial charge in [0.2, 0.25) is 5.91 Å². The zero-order valence-corrected chi connectivity index (χ0v) is 36.5. The fourth-order valence-electron chi connectivity index (χ4n) is 7.43. The van der Waals surface area contributed by atoms with Gasteiger partial charge in [0.25, 0.3) is 0 Å². The molecule has 0 bridgehead atoms. The predicted molar refractivity (Wildman–Crippen MR) is 241 cm³/mol. The molecule has 13 nitrogen and oxygen atoms in total. The minimum atomic E-state index is -0.506. The minimum Gasteiger partial charge on any atom is -0.491 e. The fourth-order valence-corrected chi connectivity index (χ4v) is 8.77. The van der Waals surface area contributed by atoms with Crippen molar-refractivity contribution in [2.45, 2.75) is 46.1 Å². The normalized spacial score (nSPS) is 14.1. The Labute approximate surface area is 369 Å². The first kappa shape index (κ1) is 42.9. The zero-order chi connectivity index (χ0) is 43.0. The number of benzene rings is 3. The molecule has 8 rings (SSSR count). The number of ether oxygens (including phenoxy) is 4. The van der Waals surface area contributed by atoms with Gasteiger partial charge in [0.1, 0.15) is 40.8 Å². The van der Waals surface area contributed by atoms with Crippen LogP contribution in [0.5, 0.6) is 5.75 Å². The fraction of sp³-hybridized carbons (Fsp3) is 0.319. The number of anilines is 2. The number of hydrogen-bond donors (Lipinski definition) is 2. The highest BCUT2D eigenvalue weighted by Gasteiger charge is 2.32. The van der Waals surface area contributed by atoms with Gasteiger partial charge in [0, 0.05) is 57.9 Å². The van der Waals surface area contributed by atoms with Crippen LogP contribution in [-0.2, 0) is 36.6 Å². The highest BCUT2D eigenvalue weighted by molar-refractivity contribution is 7.15. The second-order valence-electron chi connectivity index (χ2n) is 15.1. The molecule has 320 valence electrons. The van der Waals surface area contributed by atoms with Crippen LogP contribution in [0.2, 0.25) is 5.02 Å². The van der Waals surface area contributed by atoms with E-state index >= 15 is 0 Å². The second-order valence-corrected chi connectivity index (χ2v) is 16.7. The average molecular weight is 874 g/mol. The molecule has 62 heavy (non-hydrogen) atoms. The number of aryl methyl sites for hydroxylation is 2. The first-order valence-electron chi connectivity index (χ1n) is 20.7. The van der Waals surface area contributed by atoms with Crippen molar-refractivity contribution in [3.63, 3.8) is 0 Å². The molecular formula is C47H48ClN7O6S. The van der Waals surface area contributed by atoms with Crippen LogP contribution in [0, 0.1) is 20.8 Å². The average Bonchev–Trinajstić information content (AvgIpc) is 3.91. The number of pyridine rings is 1. The van der Waals surface area contributed by atoms with E-state index in [1.165, 1.54) is 4.88 Å². The number of carbonyl (C=O) groups excluding carboxylic acids is 2. The Balaban J connectivity index is 0.705. The summed E-state index contributed by atoms with van der Waals surface area (Å²) in [6.07, 6.45) is 2.69. The molecule has 0 radical (unpaired) electrons. The van der Waals surface area contributed by atoms with E-state index in [-0.39, 0.29) is 24.5 Å². The van der Waals surface area contributed by atoms with E-state index in [2.05, 4.69) is 44.2 Å². The molecule has 0 spiro atoms. The highest BCUT2D eigenvalue weighted by atomic mass is 35.5. The summed E-state index contributed by atoms with van der Waals surface area (Å²) >= 11 is 7.94. The Hall–Kier alpha value is -5.77. The maximum Gasteiger partial charge on any atom is 0.228 e. The summed E-state index contributed by atoms with van der Waals surface area (Å²) in [4.78, 5) is 36.2. The van der Waals surface area contributed by atoms with Crippen molar-refractivity contribution >= 4 is 51.8 Å². The van der Waals surface area contributed by atoms with Crippen molar-refractivity contribution in [2.75, 3.05) is 63.4 Å². The summed E-state index contributed by atoms with van der Waals surface area (Å²) in [6.45, 7) is 9.95. The Morgan fingerprint density at radius 3 is 2.31 bits per heavy atom. The maximum absolute atomic E-state index is 13.6. The molecule has 0 saturated carbocycles. The number of Topliss-reactive ketones (excluding diaryl/α,β-unsaturated/α-hetero) is 1. The monoisotopic (exact) mass is 873 g/mol. The third-order valence-corrected chi connectivity index (χ3v) is 12.2. The van der Waals surface area contributed by atoms with E-state index in [0.29, 0.717) is 75.8 Å². The molecule has 6 aromatic rings. The van der Waals surface area contributed by atoms with Crippen molar-refractivity contribution in [2.24, 2.45) is 4.99 Å². The van der Waals surface area contributed by atoms with Gasteiger partial charge in [-0.25, -0.2) is 4.98 Å². The third-order valence-electron chi connectivity index (χ3n) is 10.7. The van der Waals surface area contributed by atoms with Crippen molar-refractivity contribution < 1.29 is 28.5 Å². The van der Waals surface area contributed by atoms with Crippen LogP contribution in [0.25, 0.3) is 16.1 Å². The lowest BCUT2D eigenvalue weighted by atomic mass is 9.99. The molecule has 15 heteroatoms. The van der Waals surface area contributed by atoms with Crippen molar-refractivity contribution in [1.82, 2.24) is 19.7 Å². The molecule has 0 saturated heterocycles. The number of hydrogen-bond acceptors (Lipinski definition) is 12. The number of fused-ring (bicyclic) bond motifs is 4. The molecule has 2 aliphatic rings. The number of nitrogens with zero attached hydrogens (tertiary/aromatic N) is 5. The summed E-state index contributed by atoms with van der Waals surface area (Å²) in [5.74, 6) is 2.97. The molecule has 1 atom stereocenters. The van der Waals surface area contributed by atoms with Crippen LogP contribution < -0.4 is 15.4 Å². The topological polar surface area (TPSA) is 151 Å². The molecule has 0 fully saturated rings. The number of aromatic nitrogens is 4. The van der Waals surface area contributed by atoms with Gasteiger partial charge in [0.05, 0.1) is 51.8 Å². The van der Waals surface area contributed by atoms with E-state index in [1.54, 1.807) is 11.3 Å². The van der Waals surface area contributed by atoms with Gasteiger partial charge in [-0.1, -0.05) is 48.0 Å². The summed E-state index contributed by atoms with van der Waals surface area (Å²) in [7, 11) is 0. The quantitative estimate of drug-likeness (QED) is 0.0721. The first-order chi connectivity index (χ1) is 30.2. The lowest BCUT2D eigenvalue weighted by molar-refractivity contribution is -0.119. The Kier molecular flexibility index (Phi) is 13.8. The number of aliphatic imine (C=N–C) groups is 1. The highest BCUT2D eigenvalue weighted by Crippen LogP contribution is 2.40. The van der Waals surface area contributed by atoms with Gasteiger partial charge in [-0.05, 0) is 85.5 Å². The molecule has 2 N–H and O–H groups in total. The zero-order valence-electron chi connectivity index (χ0n) is 34.9. The van der Waals surface area contributed by atoms with Gasteiger partial charge in [0.15, 0.2) is 5.82 Å². The van der Waals surface area contributed by atoms with E-state index in [0.717, 1.165) is 67.0 Å². The van der Waals surface area contributed by atoms with Gasteiger partial charge in [-0.3, -0.25) is 19.1 Å². The van der Waals surface area contributed by atoms with E-state index < -0.39 is 6.04 Å². The number of nitrogens with one attached hydrogen (secondary N) is 2. The predicted octanol–water partition coefficient (Wildman–Crippen LogP) is 8.10. The van der Waals surface area contributed by atoms with Crippen molar-refractivity contribution in [3.05, 3.63) is 134 Å². The van der Waals surface area contributed by atoms with E-state index in [1.807, 2.05) is 92.0 Å². The number of amides is 1. The summed E-state index contributed by atoms with van der Waals surface area (Å²) in [5, 5.41) is 16.8. The molecule has 3 aromatic carbocycles. The standard InChI is InChI=1S/C47H48ClN7O6S/c1-29-30(2)62-47-44(29)45(33-8-11-37(48)12-9-33)52-41(46-54-53-31(3)55(46)47)27-38(56)24-32-4-13-39(14-5-32)61-23-22-60-21-20-59-19-18-58-17-16-49-42-15-10-36(28-50-42)34-6-7-35-26-43(57)51-40(35)25-34/h4-15,25,28,41H,16-24,26-27H2,1-3H3,(H,49,50)(H,51,57)/t41-/m0/s1. The summed E-state index contributed by atoms with van der Waals surface area (Å²) in [6, 6.07) is 24.7. The Morgan fingerprint density at radius 1 is 0.855 bits per heavy atom. The van der Waals surface area contributed by atoms with Gasteiger partial charge < -0.3 is 29.6 Å². The van der Waals surface area contributed by atoms with E-state index in [9.17, 15) is 9.59 Å². The SMILES string of the molecule is Cc1sc2c(c1C)C(c1ccc(Cl)cc1)=N[C@@H](CC(=O)Cc1ccc(OCCOCCOCCOCCNc3ccc(-c4ccc5c(c4)NC(=O)C5)cn3)cc1)c1nnc(C)n1-2. The van der Waals surface area contributed by atoms with Crippen LogP contribution >= 0.6 is 22.9 Å². The maximum atomic E-state index is 13.6. The Morgan fingerprint density at radius 2 is 1.56 bits per heavy atom. The number of carbonyl (C=O) groups is 2. The van der Waals surface area contributed by atoms with Crippen LogP contribution in [-0.4, -0.2) is 89.9 Å². The largest absolute Gasteiger partial charge is 0.491 e. The first-order valence-corrected chi connectivity index (χ1v) is 21.9. The van der Waals surface area contributed by atoms with Crippen molar-refractivity contribution in [1.29, 1.82) is 0 Å². The molecule has 2 aliphatic heterocycles. The minimum absolute atomic E-state index is 0.0269. The smallest absolute Gasteiger partial charge is 0.228 e. The molecular weight excluding hydrogens is 826 g/mol. The molecule has 1 amide bonds. The lowest BCUT2D eigenvalue weighted by Gasteiger charge is -2.13. The lowest BCUT2D eigenvalue weighted by Crippen LogP contribution is -2.15. The second kappa shape index (κ2) is 20.0. The van der Waals surface area contributed by atoms with Crippen LogP contribution in [0.15, 0.2) is 90.1 Å². The van der Waals surface area contributed by atoms with Crippen LogP contribution in [0.3, 0.4) is 0 Å². The van der Waals surface area contributed by atoms with Gasteiger partial charge in [-0.15, -0.1) is 21.5 Å². The molecule has 0 aliphatic carbocycles. The molecule has 3 aromatic heterocycles. The number of halogens is 1. The van der Waals surface area contributed by atoms with Crippen molar-refractivity contribution in [3.8, 4) is 21.9 Å². The van der Waals surface area contributed by atoms with Gasteiger partial charge >= 0.3 is 0 Å². The number of ketones is 1. The Bertz CT molecular complexity index is 2560. The summed E-state index contributed by atoms with van der Waals surface area (Å²) < 4.78 is 24.9. The summed E-state index contributed by atoms with van der Waals surface area (Å²) in [5.41, 5.74) is 8.73. The van der Waals surface area contributed by atoms with Crippen LogP contribution in [0.1, 0.15) is 56.8 Å². The molecule has 5 heterocycles. The van der Waals surface area contributed by atoms with E-state index in [4.69, 9.17) is 35.5 Å². The van der Waals surface area contributed by atoms with Crippen LogP contribution in [0.4, 0.5) is 11.5 Å². The third kappa shape index (κ3) is 10.3. The number of thiophene rings is 1. The molecule has 0 unspecified atom stereocenters.